The Morgan fingerprint density at radius 1 is 1.42 bits per heavy atom. The molecule has 6 heteroatoms. The summed E-state index contributed by atoms with van der Waals surface area (Å²) in [5, 5.41) is 6.17. The topological polar surface area (TPSA) is 45.2 Å². The minimum atomic E-state index is -0.199. The summed E-state index contributed by atoms with van der Waals surface area (Å²) < 4.78 is 13.3. The van der Waals surface area contributed by atoms with E-state index in [0.717, 1.165) is 36.6 Å². The number of carbonyl (C=O) groups is 1. The summed E-state index contributed by atoms with van der Waals surface area (Å²) >= 11 is 1.65. The van der Waals surface area contributed by atoms with Gasteiger partial charge in [-0.05, 0) is 43.4 Å². The van der Waals surface area contributed by atoms with Gasteiger partial charge in [0.05, 0.1) is 0 Å². The lowest BCUT2D eigenvalue weighted by Crippen LogP contribution is -2.44. The molecule has 2 aromatic rings. The second-order valence-electron chi connectivity index (χ2n) is 6.23. The zero-order valence-corrected chi connectivity index (χ0v) is 14.6. The van der Waals surface area contributed by atoms with Crippen molar-refractivity contribution in [2.24, 2.45) is 0 Å². The number of thiazole rings is 1. The first kappa shape index (κ1) is 16.9. The molecule has 1 aromatic carbocycles. The van der Waals surface area contributed by atoms with Gasteiger partial charge in [-0.3, -0.25) is 4.79 Å². The first-order chi connectivity index (χ1) is 11.6. The van der Waals surface area contributed by atoms with Crippen molar-refractivity contribution in [1.29, 1.82) is 0 Å². The highest BCUT2D eigenvalue weighted by Crippen LogP contribution is 2.22. The molecule has 0 aliphatic carbocycles. The van der Waals surface area contributed by atoms with E-state index in [1.807, 2.05) is 17.6 Å². The van der Waals surface area contributed by atoms with Crippen molar-refractivity contribution in [3.05, 3.63) is 46.7 Å². The van der Waals surface area contributed by atoms with Gasteiger partial charge in [0.2, 0.25) is 5.91 Å². The third kappa shape index (κ3) is 4.32. The predicted molar refractivity (Wildman–Crippen MR) is 94.9 cm³/mol. The molecule has 3 rings (SSSR count). The molecule has 0 spiro atoms. The largest absolute Gasteiger partial charge is 0.353 e. The second kappa shape index (κ2) is 7.75. The van der Waals surface area contributed by atoms with E-state index in [2.05, 4.69) is 15.2 Å². The lowest BCUT2D eigenvalue weighted by molar-refractivity contribution is -0.121. The molecule has 2 heterocycles. The Morgan fingerprint density at radius 2 is 2.21 bits per heavy atom. The summed E-state index contributed by atoms with van der Waals surface area (Å²) in [5.41, 5.74) is 1.63. The number of hydrogen-bond donors (Lipinski definition) is 1. The molecule has 0 atom stereocenters. The smallest absolute Gasteiger partial charge is 0.220 e. The lowest BCUT2D eigenvalue weighted by atomic mass is 10.0. The van der Waals surface area contributed by atoms with Crippen LogP contribution in [0.15, 0.2) is 29.8 Å². The number of amides is 1. The predicted octanol–water partition coefficient (Wildman–Crippen LogP) is 3.31. The summed E-state index contributed by atoms with van der Waals surface area (Å²) in [5.74, 6) is -0.125. The number of nitrogens with one attached hydrogen (secondary N) is 1. The van der Waals surface area contributed by atoms with Gasteiger partial charge in [0.25, 0.3) is 0 Å². The molecule has 1 fully saturated rings. The Balaban J connectivity index is 1.42. The SMILES string of the molecule is Cc1cc(CCC(=O)NC2CCN(c3nccs3)CC2)ccc1F. The number of piperidine rings is 1. The molecule has 1 aromatic heterocycles. The van der Waals surface area contributed by atoms with Gasteiger partial charge < -0.3 is 10.2 Å². The van der Waals surface area contributed by atoms with Crippen molar-refractivity contribution in [2.75, 3.05) is 18.0 Å². The first-order valence-corrected chi connectivity index (χ1v) is 9.18. The van der Waals surface area contributed by atoms with Gasteiger partial charge in [-0.1, -0.05) is 12.1 Å². The molecule has 1 saturated heterocycles. The van der Waals surface area contributed by atoms with Gasteiger partial charge in [-0.25, -0.2) is 9.37 Å². The fourth-order valence-electron chi connectivity index (χ4n) is 3.01. The van der Waals surface area contributed by atoms with Crippen LogP contribution in [-0.2, 0) is 11.2 Å². The Morgan fingerprint density at radius 3 is 2.88 bits per heavy atom. The third-order valence-corrected chi connectivity index (χ3v) is 5.25. The van der Waals surface area contributed by atoms with Crippen LogP contribution in [0.3, 0.4) is 0 Å². The van der Waals surface area contributed by atoms with Crippen LogP contribution in [-0.4, -0.2) is 30.0 Å². The van der Waals surface area contributed by atoms with Crippen LogP contribution < -0.4 is 10.2 Å². The maximum atomic E-state index is 13.3. The number of benzene rings is 1. The molecule has 1 amide bonds. The minimum absolute atomic E-state index is 0.0738. The number of carbonyl (C=O) groups excluding carboxylic acids is 1. The van der Waals surface area contributed by atoms with E-state index in [9.17, 15) is 9.18 Å². The molecule has 128 valence electrons. The molecule has 1 aliphatic heterocycles. The molecule has 0 saturated carbocycles. The van der Waals surface area contributed by atoms with Crippen LogP contribution in [0.1, 0.15) is 30.4 Å². The number of nitrogens with zero attached hydrogens (tertiary/aromatic N) is 2. The molecule has 0 unspecified atom stereocenters. The van der Waals surface area contributed by atoms with Crippen molar-refractivity contribution in [3.8, 4) is 0 Å². The fourth-order valence-corrected chi connectivity index (χ4v) is 3.70. The second-order valence-corrected chi connectivity index (χ2v) is 7.10. The standard InChI is InChI=1S/C18H22FN3OS/c1-13-12-14(2-4-16(13)19)3-5-17(23)21-15-6-9-22(10-7-15)18-20-8-11-24-18/h2,4,8,11-12,15H,3,5-7,9-10H2,1H3,(H,21,23). The van der Waals surface area contributed by atoms with Crippen LogP contribution in [0, 0.1) is 12.7 Å². The molecule has 1 N–H and O–H groups in total. The number of rotatable bonds is 5. The molecule has 1 aliphatic rings. The van der Waals surface area contributed by atoms with Gasteiger partial charge in [0.15, 0.2) is 5.13 Å². The highest BCUT2D eigenvalue weighted by Gasteiger charge is 2.21. The monoisotopic (exact) mass is 347 g/mol. The van der Waals surface area contributed by atoms with Crippen LogP contribution >= 0.6 is 11.3 Å². The Hall–Kier alpha value is -1.95. The lowest BCUT2D eigenvalue weighted by Gasteiger charge is -2.32. The average molecular weight is 347 g/mol. The number of aromatic nitrogens is 1. The summed E-state index contributed by atoms with van der Waals surface area (Å²) in [6.07, 6.45) is 4.80. The minimum Gasteiger partial charge on any atom is -0.353 e. The van der Waals surface area contributed by atoms with E-state index in [1.165, 1.54) is 6.07 Å². The summed E-state index contributed by atoms with van der Waals surface area (Å²) in [4.78, 5) is 18.7. The van der Waals surface area contributed by atoms with Gasteiger partial charge >= 0.3 is 0 Å². The number of aryl methyl sites for hydroxylation is 2. The van der Waals surface area contributed by atoms with Crippen molar-refractivity contribution < 1.29 is 9.18 Å². The van der Waals surface area contributed by atoms with Gasteiger partial charge in [-0.2, -0.15) is 0 Å². The first-order valence-electron chi connectivity index (χ1n) is 8.30. The Bertz CT molecular complexity index is 682. The third-order valence-electron chi connectivity index (χ3n) is 4.41. The van der Waals surface area contributed by atoms with E-state index in [4.69, 9.17) is 0 Å². The molecule has 24 heavy (non-hydrogen) atoms. The van der Waals surface area contributed by atoms with E-state index in [-0.39, 0.29) is 17.8 Å². The van der Waals surface area contributed by atoms with Gasteiger partial charge in [-0.15, -0.1) is 11.3 Å². The quantitative estimate of drug-likeness (QED) is 0.902. The zero-order chi connectivity index (χ0) is 16.9. The maximum Gasteiger partial charge on any atom is 0.220 e. The van der Waals surface area contributed by atoms with Crippen LogP contribution in [0.2, 0.25) is 0 Å². The average Bonchev–Trinajstić information content (AvgIpc) is 3.11. The van der Waals surface area contributed by atoms with Gasteiger partial charge in [0.1, 0.15) is 5.82 Å². The zero-order valence-electron chi connectivity index (χ0n) is 13.8. The van der Waals surface area contributed by atoms with Crippen LogP contribution in [0.5, 0.6) is 0 Å². The van der Waals surface area contributed by atoms with E-state index < -0.39 is 0 Å². The van der Waals surface area contributed by atoms with Crippen molar-refractivity contribution in [3.63, 3.8) is 0 Å². The summed E-state index contributed by atoms with van der Waals surface area (Å²) in [6.45, 7) is 3.60. The van der Waals surface area contributed by atoms with E-state index in [1.54, 1.807) is 24.3 Å². The molecule has 4 nitrogen and oxygen atoms in total. The van der Waals surface area contributed by atoms with E-state index >= 15 is 0 Å². The van der Waals surface area contributed by atoms with Crippen LogP contribution in [0.25, 0.3) is 0 Å². The van der Waals surface area contributed by atoms with E-state index in [0.29, 0.717) is 18.4 Å². The van der Waals surface area contributed by atoms with Crippen molar-refractivity contribution in [1.82, 2.24) is 10.3 Å². The van der Waals surface area contributed by atoms with Crippen LogP contribution in [0.4, 0.5) is 9.52 Å². The van der Waals surface area contributed by atoms with Crippen molar-refractivity contribution in [2.45, 2.75) is 38.6 Å². The number of anilines is 1. The molecule has 0 radical (unpaired) electrons. The number of hydrogen-bond acceptors (Lipinski definition) is 4. The Kier molecular flexibility index (Phi) is 5.45. The molecule has 0 bridgehead atoms. The highest BCUT2D eigenvalue weighted by atomic mass is 32.1. The van der Waals surface area contributed by atoms with Gasteiger partial charge in [0, 0.05) is 37.1 Å². The molecular formula is C18H22FN3OS. The Labute approximate surface area is 145 Å². The highest BCUT2D eigenvalue weighted by molar-refractivity contribution is 7.13. The number of halogens is 1. The maximum absolute atomic E-state index is 13.3. The summed E-state index contributed by atoms with van der Waals surface area (Å²) in [6, 6.07) is 5.28. The molecular weight excluding hydrogens is 325 g/mol. The fraction of sp³-hybridized carbons (Fsp3) is 0.444. The summed E-state index contributed by atoms with van der Waals surface area (Å²) in [7, 11) is 0. The van der Waals surface area contributed by atoms with Crippen molar-refractivity contribution >= 4 is 22.4 Å². The normalized spacial score (nSPS) is 15.5.